The number of ketones is 1. The molecule has 3 rings (SSSR count). The molecule has 20 heavy (non-hydrogen) atoms. The van der Waals surface area contributed by atoms with Crippen LogP contribution in [0.15, 0.2) is 30.3 Å². The van der Waals surface area contributed by atoms with E-state index in [1.165, 1.54) is 44.1 Å². The van der Waals surface area contributed by atoms with Gasteiger partial charge in [0.2, 0.25) is 0 Å². The van der Waals surface area contributed by atoms with Crippen LogP contribution in [0.25, 0.3) is 0 Å². The largest absolute Gasteiger partial charge is 0.298 e. The predicted octanol–water partition coefficient (Wildman–Crippen LogP) is 5.04. The zero-order chi connectivity index (χ0) is 13.8. The molecule has 0 aliphatic heterocycles. The number of carbonyl (C=O) groups is 1. The van der Waals surface area contributed by atoms with Gasteiger partial charge >= 0.3 is 0 Å². The van der Waals surface area contributed by atoms with Gasteiger partial charge in [0, 0.05) is 5.92 Å². The summed E-state index contributed by atoms with van der Waals surface area (Å²) in [4.78, 5) is 13.3. The quantitative estimate of drug-likeness (QED) is 0.703. The molecule has 0 radical (unpaired) electrons. The maximum absolute atomic E-state index is 13.3. The number of rotatable bonds is 3. The van der Waals surface area contributed by atoms with E-state index >= 15 is 0 Å². The summed E-state index contributed by atoms with van der Waals surface area (Å²) in [5, 5.41) is 0. The Hall–Kier alpha value is -1.11. The first kappa shape index (κ1) is 13.9. The van der Waals surface area contributed by atoms with Crippen LogP contribution in [0.5, 0.6) is 0 Å². The fourth-order valence-corrected chi connectivity index (χ4v) is 4.35. The van der Waals surface area contributed by atoms with Crippen molar-refractivity contribution in [1.29, 1.82) is 0 Å². The van der Waals surface area contributed by atoms with E-state index < -0.39 is 0 Å². The summed E-state index contributed by atoms with van der Waals surface area (Å²) in [7, 11) is 0. The fraction of sp³-hybridized carbons (Fsp3) is 0.632. The Labute approximate surface area is 122 Å². The van der Waals surface area contributed by atoms with Gasteiger partial charge in [0.15, 0.2) is 0 Å². The summed E-state index contributed by atoms with van der Waals surface area (Å²) in [6, 6.07) is 10.6. The van der Waals surface area contributed by atoms with Crippen LogP contribution in [0.2, 0.25) is 0 Å². The molecule has 0 aromatic heterocycles. The van der Waals surface area contributed by atoms with E-state index in [1.54, 1.807) is 0 Å². The molecule has 0 saturated heterocycles. The average molecular weight is 270 g/mol. The van der Waals surface area contributed by atoms with E-state index in [0.717, 1.165) is 25.7 Å². The minimum atomic E-state index is -0.143. The highest BCUT2D eigenvalue weighted by atomic mass is 16.1. The molecule has 1 heteroatoms. The lowest BCUT2D eigenvalue weighted by Gasteiger charge is -2.32. The molecule has 0 atom stereocenters. The highest BCUT2D eigenvalue weighted by molar-refractivity contribution is 5.92. The highest BCUT2D eigenvalue weighted by Crippen LogP contribution is 2.45. The smallest absolute Gasteiger partial charge is 0.146 e. The molecule has 2 fully saturated rings. The lowest BCUT2D eigenvalue weighted by molar-refractivity contribution is -0.129. The summed E-state index contributed by atoms with van der Waals surface area (Å²) >= 11 is 0. The van der Waals surface area contributed by atoms with Crippen LogP contribution in [-0.4, -0.2) is 5.78 Å². The third kappa shape index (κ3) is 2.55. The Kier molecular flexibility index (Phi) is 4.24. The predicted molar refractivity (Wildman–Crippen MR) is 82.8 cm³/mol. The van der Waals surface area contributed by atoms with Gasteiger partial charge in [-0.2, -0.15) is 0 Å². The van der Waals surface area contributed by atoms with Gasteiger partial charge in [-0.15, -0.1) is 0 Å². The maximum Gasteiger partial charge on any atom is 0.146 e. The summed E-state index contributed by atoms with van der Waals surface area (Å²) in [6.07, 6.45) is 12.0. The van der Waals surface area contributed by atoms with Crippen LogP contribution in [0.3, 0.4) is 0 Å². The van der Waals surface area contributed by atoms with Crippen molar-refractivity contribution in [2.45, 2.75) is 69.6 Å². The van der Waals surface area contributed by atoms with Crippen molar-refractivity contribution in [3.05, 3.63) is 35.9 Å². The van der Waals surface area contributed by atoms with Gasteiger partial charge in [-0.3, -0.25) is 4.79 Å². The van der Waals surface area contributed by atoms with Crippen molar-refractivity contribution in [3.8, 4) is 0 Å². The van der Waals surface area contributed by atoms with Gasteiger partial charge in [0.25, 0.3) is 0 Å². The summed E-state index contributed by atoms with van der Waals surface area (Å²) < 4.78 is 0. The second-order valence-corrected chi connectivity index (χ2v) is 6.71. The normalized spacial score (nSPS) is 23.4. The minimum Gasteiger partial charge on any atom is -0.298 e. The molecule has 108 valence electrons. The molecule has 2 saturated carbocycles. The van der Waals surface area contributed by atoms with E-state index in [9.17, 15) is 4.79 Å². The molecular weight excluding hydrogens is 244 g/mol. The topological polar surface area (TPSA) is 17.1 Å². The first-order valence-electron chi connectivity index (χ1n) is 8.43. The Bertz CT molecular complexity index is 434. The molecule has 0 unspecified atom stereocenters. The Morgan fingerprint density at radius 2 is 1.45 bits per heavy atom. The van der Waals surface area contributed by atoms with Crippen molar-refractivity contribution < 1.29 is 4.79 Å². The molecule has 1 aromatic rings. The first-order chi connectivity index (χ1) is 9.83. The van der Waals surface area contributed by atoms with E-state index in [1.807, 2.05) is 0 Å². The molecule has 0 N–H and O–H groups in total. The second kappa shape index (κ2) is 6.11. The van der Waals surface area contributed by atoms with Gasteiger partial charge in [0.1, 0.15) is 5.78 Å². The van der Waals surface area contributed by atoms with Gasteiger partial charge in [-0.05, 0) is 31.2 Å². The van der Waals surface area contributed by atoms with E-state index in [0.29, 0.717) is 11.7 Å². The fourth-order valence-electron chi connectivity index (χ4n) is 4.35. The van der Waals surface area contributed by atoms with Gasteiger partial charge < -0.3 is 0 Å². The van der Waals surface area contributed by atoms with Crippen molar-refractivity contribution in [3.63, 3.8) is 0 Å². The van der Waals surface area contributed by atoms with Crippen LogP contribution in [0, 0.1) is 5.92 Å². The van der Waals surface area contributed by atoms with Gasteiger partial charge in [-0.1, -0.05) is 68.9 Å². The number of carbonyl (C=O) groups excluding carboxylic acids is 1. The second-order valence-electron chi connectivity index (χ2n) is 6.71. The van der Waals surface area contributed by atoms with Crippen LogP contribution >= 0.6 is 0 Å². The molecule has 0 bridgehead atoms. The van der Waals surface area contributed by atoms with Crippen LogP contribution in [0.1, 0.15) is 69.8 Å². The third-order valence-corrected chi connectivity index (χ3v) is 5.48. The van der Waals surface area contributed by atoms with E-state index in [-0.39, 0.29) is 5.41 Å². The van der Waals surface area contributed by atoms with Crippen LogP contribution < -0.4 is 0 Å². The SMILES string of the molecule is O=C(C1CCCCCC1)C1(c2ccccc2)CCCC1. The standard InChI is InChI=1S/C19H26O/c20-18(16-10-4-1-2-5-11-16)19(14-8-9-15-19)17-12-6-3-7-13-17/h3,6-7,12-13,16H,1-2,4-5,8-11,14-15H2. The Balaban J connectivity index is 1.88. The van der Waals surface area contributed by atoms with E-state index in [4.69, 9.17) is 0 Å². The molecule has 2 aliphatic rings. The molecule has 0 spiro atoms. The van der Waals surface area contributed by atoms with Crippen molar-refractivity contribution in [1.82, 2.24) is 0 Å². The molecule has 0 amide bonds. The lowest BCUT2D eigenvalue weighted by Crippen LogP contribution is -2.37. The number of hydrogen-bond acceptors (Lipinski definition) is 1. The summed E-state index contributed by atoms with van der Waals surface area (Å²) in [6.45, 7) is 0. The van der Waals surface area contributed by atoms with Crippen LogP contribution in [0.4, 0.5) is 0 Å². The Morgan fingerprint density at radius 1 is 0.850 bits per heavy atom. The summed E-state index contributed by atoms with van der Waals surface area (Å²) in [5.74, 6) is 0.902. The monoisotopic (exact) mass is 270 g/mol. The molecule has 1 nitrogen and oxygen atoms in total. The number of Topliss-reactive ketones (excluding diaryl/α,β-unsaturated/α-hetero) is 1. The number of hydrogen-bond donors (Lipinski definition) is 0. The molecular formula is C19H26O. The summed E-state index contributed by atoms with van der Waals surface area (Å²) in [5.41, 5.74) is 1.14. The zero-order valence-corrected chi connectivity index (χ0v) is 12.4. The third-order valence-electron chi connectivity index (χ3n) is 5.48. The number of benzene rings is 1. The van der Waals surface area contributed by atoms with Gasteiger partial charge in [0.05, 0.1) is 5.41 Å². The minimum absolute atomic E-state index is 0.143. The van der Waals surface area contributed by atoms with Crippen molar-refractivity contribution >= 4 is 5.78 Å². The van der Waals surface area contributed by atoms with Crippen molar-refractivity contribution in [2.75, 3.05) is 0 Å². The maximum atomic E-state index is 13.3. The van der Waals surface area contributed by atoms with Crippen LogP contribution in [-0.2, 0) is 10.2 Å². The molecule has 0 heterocycles. The zero-order valence-electron chi connectivity index (χ0n) is 12.4. The highest BCUT2D eigenvalue weighted by Gasteiger charge is 2.44. The average Bonchev–Trinajstić information content (AvgIpc) is 2.84. The molecule has 2 aliphatic carbocycles. The van der Waals surface area contributed by atoms with Crippen molar-refractivity contribution in [2.24, 2.45) is 5.92 Å². The lowest BCUT2D eigenvalue weighted by atomic mass is 9.70. The van der Waals surface area contributed by atoms with Gasteiger partial charge in [-0.25, -0.2) is 0 Å². The molecule has 1 aromatic carbocycles. The Morgan fingerprint density at radius 3 is 2.05 bits per heavy atom. The van der Waals surface area contributed by atoms with E-state index in [2.05, 4.69) is 30.3 Å². The first-order valence-corrected chi connectivity index (χ1v) is 8.43.